The van der Waals surface area contributed by atoms with E-state index in [1.807, 2.05) is 66.7 Å². The Morgan fingerprint density at radius 3 is 1.84 bits per heavy atom. The topological polar surface area (TPSA) is 43.6 Å². The van der Waals surface area contributed by atoms with Gasteiger partial charge in [0.05, 0.1) is 17.9 Å². The number of para-hydroxylation sites is 2. The Kier molecular flexibility index (Phi) is 6.30. The summed E-state index contributed by atoms with van der Waals surface area (Å²) in [5.41, 5.74) is 6.16. The van der Waals surface area contributed by atoms with Gasteiger partial charge in [0.25, 0.3) is 0 Å². The van der Waals surface area contributed by atoms with Crippen molar-refractivity contribution < 1.29 is 6.85 Å². The van der Waals surface area contributed by atoms with Gasteiger partial charge >= 0.3 is 0 Å². The highest BCUT2D eigenvalue weighted by molar-refractivity contribution is 7.26. The van der Waals surface area contributed by atoms with Gasteiger partial charge in [-0.1, -0.05) is 164 Å². The third-order valence-corrected chi connectivity index (χ3v) is 12.3. The van der Waals surface area contributed by atoms with Crippen molar-refractivity contribution in [1.82, 2.24) is 19.5 Å². The molecule has 4 nitrogen and oxygen atoms in total. The quantitative estimate of drug-likeness (QED) is 0.164. The molecule has 12 rings (SSSR count). The molecular formula is C53H32N4S. The third kappa shape index (κ3) is 5.11. The minimum absolute atomic E-state index is 0.159. The van der Waals surface area contributed by atoms with Crippen molar-refractivity contribution in [3.8, 4) is 51.0 Å². The van der Waals surface area contributed by atoms with Gasteiger partial charge in [-0.2, -0.15) is 0 Å². The molecule has 0 spiro atoms. The van der Waals surface area contributed by atoms with Crippen molar-refractivity contribution in [3.63, 3.8) is 0 Å². The highest BCUT2D eigenvalue weighted by atomic mass is 32.1. The van der Waals surface area contributed by atoms with Crippen LogP contribution < -0.4 is 0 Å². The number of rotatable bonds is 5. The van der Waals surface area contributed by atoms with Crippen LogP contribution in [0.25, 0.3) is 115 Å². The summed E-state index contributed by atoms with van der Waals surface area (Å²) in [6.45, 7) is 0. The first-order valence-corrected chi connectivity index (χ1v) is 19.9. The zero-order valence-electron chi connectivity index (χ0n) is 35.8. The monoisotopic (exact) mass is 761 g/mol. The zero-order chi connectivity index (χ0) is 42.5. The molecule has 0 aliphatic rings. The Balaban J connectivity index is 1.23. The summed E-state index contributed by atoms with van der Waals surface area (Å²) in [5.74, 6) is 1.56. The van der Waals surface area contributed by atoms with Crippen molar-refractivity contribution in [3.05, 3.63) is 194 Å². The summed E-state index contributed by atoms with van der Waals surface area (Å²) in [6.07, 6.45) is 0. The average Bonchev–Trinajstić information content (AvgIpc) is 3.89. The summed E-state index contributed by atoms with van der Waals surface area (Å²) < 4.78 is 47.7. The van der Waals surface area contributed by atoms with Gasteiger partial charge < -0.3 is 4.57 Å². The second-order valence-corrected chi connectivity index (χ2v) is 15.4. The molecule has 0 radical (unpaired) electrons. The molecule has 12 aromatic rings. The van der Waals surface area contributed by atoms with E-state index < -0.39 is 6.04 Å². The molecular weight excluding hydrogens is 725 g/mol. The lowest BCUT2D eigenvalue weighted by atomic mass is 9.97. The van der Waals surface area contributed by atoms with Crippen molar-refractivity contribution in [2.45, 2.75) is 0 Å². The molecule has 0 saturated heterocycles. The second kappa shape index (κ2) is 13.1. The lowest BCUT2D eigenvalue weighted by molar-refractivity contribution is 1.08. The van der Waals surface area contributed by atoms with Gasteiger partial charge in [0.1, 0.15) is 0 Å². The van der Waals surface area contributed by atoms with Gasteiger partial charge in [-0.15, -0.1) is 11.3 Å². The summed E-state index contributed by atoms with van der Waals surface area (Å²) in [7, 11) is 0. The predicted molar refractivity (Wildman–Crippen MR) is 244 cm³/mol. The fraction of sp³-hybridized carbons (Fsp3) is 0. The Hall–Kier alpha value is -7.47. The number of fused-ring (bicyclic) bond motifs is 9. The normalized spacial score (nSPS) is 13.0. The largest absolute Gasteiger partial charge is 0.309 e. The first-order valence-electron chi connectivity index (χ1n) is 21.6. The molecule has 0 unspecified atom stereocenters. The highest BCUT2D eigenvalue weighted by Gasteiger charge is 2.22. The molecule has 0 aliphatic carbocycles. The second-order valence-electron chi connectivity index (χ2n) is 14.4. The lowest BCUT2D eigenvalue weighted by Crippen LogP contribution is -2.02. The SMILES string of the molecule is [2H]c1c([2H])c([2H])c(-c2cccc3sc4c(-c5nc(-c6ccccc6)nc(-c6cccc7ccc8ccccc8c67)n5)cc(-n5c6ccccc6c6ccccc65)cc4c23)c([2H])c1[2H]. The van der Waals surface area contributed by atoms with Crippen LogP contribution in [0.1, 0.15) is 6.85 Å². The summed E-state index contributed by atoms with van der Waals surface area (Å²) in [6, 6.07) is 54.1. The number of benzene rings is 9. The molecule has 0 aliphatic heterocycles. The minimum Gasteiger partial charge on any atom is -0.309 e. The van der Waals surface area contributed by atoms with Gasteiger partial charge in [-0.05, 0) is 57.6 Å². The smallest absolute Gasteiger partial charge is 0.165 e. The molecule has 0 atom stereocenters. The van der Waals surface area contributed by atoms with E-state index in [0.717, 1.165) is 85.9 Å². The number of aromatic nitrogens is 4. The molecule has 58 heavy (non-hydrogen) atoms. The lowest BCUT2D eigenvalue weighted by Gasteiger charge is -2.14. The minimum atomic E-state index is -0.425. The average molecular weight is 762 g/mol. The number of hydrogen-bond donors (Lipinski definition) is 0. The molecule has 0 amide bonds. The third-order valence-electron chi connectivity index (χ3n) is 11.1. The van der Waals surface area contributed by atoms with Crippen LogP contribution in [0.3, 0.4) is 0 Å². The van der Waals surface area contributed by atoms with Gasteiger partial charge in [0, 0.05) is 58.7 Å². The van der Waals surface area contributed by atoms with E-state index in [-0.39, 0.29) is 29.7 Å². The molecule has 270 valence electrons. The molecule has 9 aromatic carbocycles. The van der Waals surface area contributed by atoms with Crippen LogP contribution in [0.2, 0.25) is 0 Å². The van der Waals surface area contributed by atoms with E-state index in [2.05, 4.69) is 102 Å². The van der Waals surface area contributed by atoms with E-state index in [0.29, 0.717) is 23.0 Å². The van der Waals surface area contributed by atoms with Crippen LogP contribution >= 0.6 is 11.3 Å². The molecule has 0 bridgehead atoms. The summed E-state index contributed by atoms with van der Waals surface area (Å²) in [5, 5.41) is 8.23. The van der Waals surface area contributed by atoms with Gasteiger partial charge in [0.2, 0.25) is 0 Å². The Labute approximate surface area is 345 Å². The fourth-order valence-corrected chi connectivity index (χ4v) is 9.80. The van der Waals surface area contributed by atoms with Crippen molar-refractivity contribution in [1.29, 1.82) is 0 Å². The van der Waals surface area contributed by atoms with Crippen molar-refractivity contribution in [2.75, 3.05) is 0 Å². The molecule has 0 fully saturated rings. The maximum atomic E-state index is 9.04. The van der Waals surface area contributed by atoms with E-state index >= 15 is 0 Å². The number of nitrogens with zero attached hydrogens (tertiary/aromatic N) is 4. The fourth-order valence-electron chi connectivity index (χ4n) is 8.58. The number of thiophene rings is 1. The van der Waals surface area contributed by atoms with E-state index in [9.17, 15) is 0 Å². The molecule has 0 N–H and O–H groups in total. The van der Waals surface area contributed by atoms with E-state index in [1.165, 1.54) is 0 Å². The van der Waals surface area contributed by atoms with Gasteiger partial charge in [-0.3, -0.25) is 0 Å². The number of hydrogen-bond acceptors (Lipinski definition) is 4. The van der Waals surface area contributed by atoms with Crippen LogP contribution in [-0.4, -0.2) is 19.5 Å². The van der Waals surface area contributed by atoms with Crippen LogP contribution in [0, 0.1) is 0 Å². The summed E-state index contributed by atoms with van der Waals surface area (Å²) in [4.78, 5) is 15.9. The van der Waals surface area contributed by atoms with Crippen LogP contribution in [0.15, 0.2) is 194 Å². The summed E-state index contributed by atoms with van der Waals surface area (Å²) >= 11 is 1.57. The van der Waals surface area contributed by atoms with Crippen LogP contribution in [-0.2, 0) is 0 Å². The van der Waals surface area contributed by atoms with Gasteiger partial charge in [-0.25, -0.2) is 15.0 Å². The molecule has 3 aromatic heterocycles. The first-order chi connectivity index (χ1) is 30.8. The predicted octanol–water partition coefficient (Wildman–Crippen LogP) is 14.3. The first kappa shape index (κ1) is 28.0. The van der Waals surface area contributed by atoms with E-state index in [1.54, 1.807) is 11.3 Å². The molecule has 5 heteroatoms. The maximum absolute atomic E-state index is 9.04. The molecule has 0 saturated carbocycles. The molecule has 3 heterocycles. The Morgan fingerprint density at radius 2 is 1.05 bits per heavy atom. The van der Waals surface area contributed by atoms with E-state index in [4.69, 9.17) is 21.8 Å². The highest BCUT2D eigenvalue weighted by Crippen LogP contribution is 2.46. The van der Waals surface area contributed by atoms with Gasteiger partial charge in [0.15, 0.2) is 17.5 Å². The Morgan fingerprint density at radius 1 is 0.431 bits per heavy atom. The van der Waals surface area contributed by atoms with Crippen molar-refractivity contribution >= 4 is 74.9 Å². The van der Waals surface area contributed by atoms with Crippen LogP contribution in [0.4, 0.5) is 0 Å². The Bertz CT molecular complexity index is 3800. The van der Waals surface area contributed by atoms with Crippen molar-refractivity contribution in [2.24, 2.45) is 0 Å². The maximum Gasteiger partial charge on any atom is 0.165 e. The zero-order valence-corrected chi connectivity index (χ0v) is 31.6. The van der Waals surface area contributed by atoms with Crippen LogP contribution in [0.5, 0.6) is 0 Å². The standard InChI is InChI=1S/C53H32N4S/c1-3-15-33(16-4-1)39-24-14-28-47-49(39)43-31-37(57-45-26-11-9-22-40(45)41-23-10-12-27-46(41)57)32-44(50(43)58-47)53-55-51(36-18-5-2-6-19-36)54-52(56-53)42-25-13-20-35-30-29-34-17-7-8-21-38(34)48(35)42/h1-32H/i1D,3D,4D,15D,16D.